The number of hydrogen-bond donors (Lipinski definition) is 1. The number of rotatable bonds is 5. The SMILES string of the molecule is Cn1c(=O)c2c(C(=O)NCC3CCN(Cc4cccc(Cl)c4)CC3)cc(=O)n(C)c2n(C)c1=O. The molecule has 0 aliphatic carbocycles. The molecule has 0 saturated carbocycles. The van der Waals surface area contributed by atoms with Gasteiger partial charge in [-0.25, -0.2) is 4.79 Å². The van der Waals surface area contributed by atoms with Gasteiger partial charge in [-0.05, 0) is 49.5 Å². The van der Waals surface area contributed by atoms with Crippen LogP contribution < -0.4 is 22.1 Å². The first-order valence-corrected chi connectivity index (χ1v) is 11.6. The molecule has 1 saturated heterocycles. The number of hydrogen-bond acceptors (Lipinski definition) is 5. The Morgan fingerprint density at radius 3 is 2.41 bits per heavy atom. The number of halogens is 1. The minimum absolute atomic E-state index is 0.00677. The number of carbonyl (C=O) groups excluding carboxylic acids is 1. The summed E-state index contributed by atoms with van der Waals surface area (Å²) >= 11 is 6.08. The molecule has 3 aromatic rings. The fourth-order valence-electron chi connectivity index (χ4n) is 4.61. The number of benzene rings is 1. The number of pyridine rings is 1. The first-order valence-electron chi connectivity index (χ1n) is 11.2. The lowest BCUT2D eigenvalue weighted by molar-refractivity contribution is 0.0936. The van der Waals surface area contributed by atoms with Crippen molar-refractivity contribution in [2.75, 3.05) is 19.6 Å². The summed E-state index contributed by atoms with van der Waals surface area (Å²) in [6.45, 7) is 3.10. The van der Waals surface area contributed by atoms with E-state index in [4.69, 9.17) is 11.6 Å². The normalized spacial score (nSPS) is 15.1. The van der Waals surface area contributed by atoms with Gasteiger partial charge in [-0.1, -0.05) is 23.7 Å². The summed E-state index contributed by atoms with van der Waals surface area (Å²) < 4.78 is 3.37. The molecule has 10 heteroatoms. The number of nitrogens with zero attached hydrogens (tertiary/aromatic N) is 4. The highest BCUT2D eigenvalue weighted by Gasteiger charge is 2.23. The molecular formula is C24H28ClN5O4. The summed E-state index contributed by atoms with van der Waals surface area (Å²) in [5, 5.41) is 3.69. The second kappa shape index (κ2) is 9.60. The summed E-state index contributed by atoms with van der Waals surface area (Å²) in [6, 6.07) is 9.01. The molecule has 1 aliphatic heterocycles. The average Bonchev–Trinajstić information content (AvgIpc) is 2.82. The minimum atomic E-state index is -0.604. The van der Waals surface area contributed by atoms with E-state index in [1.807, 2.05) is 18.2 Å². The van der Waals surface area contributed by atoms with Gasteiger partial charge >= 0.3 is 5.69 Å². The quantitative estimate of drug-likeness (QED) is 0.586. The number of amides is 1. The van der Waals surface area contributed by atoms with Crippen molar-refractivity contribution in [2.45, 2.75) is 19.4 Å². The van der Waals surface area contributed by atoms with Crippen molar-refractivity contribution in [2.24, 2.45) is 27.1 Å². The summed E-state index contributed by atoms with van der Waals surface area (Å²) in [6.07, 6.45) is 1.85. The molecule has 1 aromatic carbocycles. The van der Waals surface area contributed by atoms with Crippen LogP contribution >= 0.6 is 11.6 Å². The number of aromatic nitrogens is 3. The maximum Gasteiger partial charge on any atom is 0.332 e. The van der Waals surface area contributed by atoms with Crippen molar-refractivity contribution >= 4 is 28.5 Å². The summed E-state index contributed by atoms with van der Waals surface area (Å²) in [5.74, 6) is -0.190. The van der Waals surface area contributed by atoms with Crippen LogP contribution in [0, 0.1) is 5.92 Å². The van der Waals surface area contributed by atoms with E-state index in [-0.39, 0.29) is 16.6 Å². The van der Waals surface area contributed by atoms with Gasteiger partial charge in [0.1, 0.15) is 5.65 Å². The van der Waals surface area contributed by atoms with E-state index in [2.05, 4.69) is 16.3 Å². The van der Waals surface area contributed by atoms with E-state index in [9.17, 15) is 19.2 Å². The fourth-order valence-corrected chi connectivity index (χ4v) is 4.83. The van der Waals surface area contributed by atoms with Gasteiger partial charge in [0.25, 0.3) is 17.0 Å². The van der Waals surface area contributed by atoms with Gasteiger partial charge in [0.2, 0.25) is 0 Å². The maximum absolute atomic E-state index is 13.0. The molecule has 9 nitrogen and oxygen atoms in total. The van der Waals surface area contributed by atoms with Gasteiger partial charge in [0.05, 0.1) is 10.9 Å². The molecule has 180 valence electrons. The first kappa shape index (κ1) is 24.0. The molecule has 3 heterocycles. The van der Waals surface area contributed by atoms with E-state index >= 15 is 0 Å². The lowest BCUT2D eigenvalue weighted by atomic mass is 9.96. The van der Waals surface area contributed by atoms with Gasteiger partial charge in [-0.15, -0.1) is 0 Å². The zero-order valence-electron chi connectivity index (χ0n) is 19.5. The Hall–Kier alpha value is -3.17. The third-order valence-electron chi connectivity index (χ3n) is 6.62. The highest BCUT2D eigenvalue weighted by molar-refractivity contribution is 6.30. The molecule has 2 aromatic heterocycles. The first-order chi connectivity index (χ1) is 16.2. The van der Waals surface area contributed by atoms with Crippen LogP contribution in [0.4, 0.5) is 0 Å². The van der Waals surface area contributed by atoms with E-state index < -0.39 is 22.7 Å². The van der Waals surface area contributed by atoms with Crippen molar-refractivity contribution in [3.05, 3.63) is 77.7 Å². The number of carbonyl (C=O) groups is 1. The Morgan fingerprint density at radius 2 is 1.74 bits per heavy atom. The Labute approximate surface area is 201 Å². The summed E-state index contributed by atoms with van der Waals surface area (Å²) in [4.78, 5) is 53.1. The molecule has 1 amide bonds. The molecule has 0 unspecified atom stereocenters. The van der Waals surface area contributed by atoms with Gasteiger partial charge in [-0.2, -0.15) is 0 Å². The number of piperidine rings is 1. The number of nitrogens with one attached hydrogen (secondary N) is 1. The third-order valence-corrected chi connectivity index (χ3v) is 6.85. The molecule has 0 radical (unpaired) electrons. The second-order valence-electron chi connectivity index (χ2n) is 8.92. The van der Waals surface area contributed by atoms with Crippen molar-refractivity contribution in [3.63, 3.8) is 0 Å². The van der Waals surface area contributed by atoms with Crippen LogP contribution in [0.1, 0.15) is 28.8 Å². The lowest BCUT2D eigenvalue weighted by Crippen LogP contribution is -2.42. The highest BCUT2D eigenvalue weighted by Crippen LogP contribution is 2.20. The molecule has 0 bridgehead atoms. The third kappa shape index (κ3) is 4.58. The van der Waals surface area contributed by atoms with E-state index in [1.165, 1.54) is 35.8 Å². The zero-order valence-corrected chi connectivity index (χ0v) is 20.3. The molecule has 0 spiro atoms. The molecule has 0 atom stereocenters. The molecule has 1 aliphatic rings. The number of fused-ring (bicyclic) bond motifs is 1. The predicted molar refractivity (Wildman–Crippen MR) is 131 cm³/mol. The predicted octanol–water partition coefficient (Wildman–Crippen LogP) is 1.23. The molecular weight excluding hydrogens is 458 g/mol. The fraction of sp³-hybridized carbons (Fsp3) is 0.417. The molecule has 1 fully saturated rings. The van der Waals surface area contributed by atoms with Crippen molar-refractivity contribution in [3.8, 4) is 0 Å². The number of likely N-dealkylation sites (tertiary alicyclic amines) is 1. The van der Waals surface area contributed by atoms with Crippen LogP contribution in [0.3, 0.4) is 0 Å². The summed E-state index contributed by atoms with van der Waals surface area (Å²) in [7, 11) is 4.30. The topological polar surface area (TPSA) is 98.3 Å². The van der Waals surface area contributed by atoms with Crippen LogP contribution in [-0.2, 0) is 27.7 Å². The summed E-state index contributed by atoms with van der Waals surface area (Å²) in [5.41, 5.74) is -0.335. The Balaban J connectivity index is 1.47. The zero-order chi connectivity index (χ0) is 24.6. The van der Waals surface area contributed by atoms with Crippen LogP contribution in [0.5, 0.6) is 0 Å². The monoisotopic (exact) mass is 485 g/mol. The standard InChI is InChI=1S/C24H28ClN5O4/c1-27-19(31)12-18(20-22(27)28(2)24(34)29(3)23(20)33)21(32)26-13-15-7-9-30(10-8-15)14-16-5-4-6-17(25)11-16/h4-6,11-12,15H,7-10,13-14H2,1-3H3,(H,26,32). The Kier molecular flexibility index (Phi) is 6.77. The van der Waals surface area contributed by atoms with Crippen molar-refractivity contribution < 1.29 is 4.79 Å². The van der Waals surface area contributed by atoms with Gasteiger partial charge in [-0.3, -0.25) is 33.0 Å². The van der Waals surface area contributed by atoms with Crippen LogP contribution in [0.25, 0.3) is 11.0 Å². The van der Waals surface area contributed by atoms with Crippen LogP contribution in [-0.4, -0.2) is 44.1 Å². The average molecular weight is 486 g/mol. The van der Waals surface area contributed by atoms with Gasteiger partial charge in [0.15, 0.2) is 0 Å². The molecule has 4 rings (SSSR count). The second-order valence-corrected chi connectivity index (χ2v) is 9.36. The van der Waals surface area contributed by atoms with Crippen molar-refractivity contribution in [1.29, 1.82) is 0 Å². The Morgan fingerprint density at radius 1 is 1.03 bits per heavy atom. The van der Waals surface area contributed by atoms with E-state index in [1.54, 1.807) is 0 Å². The highest BCUT2D eigenvalue weighted by atomic mass is 35.5. The van der Waals surface area contributed by atoms with Crippen molar-refractivity contribution in [1.82, 2.24) is 23.9 Å². The smallest absolute Gasteiger partial charge is 0.332 e. The van der Waals surface area contributed by atoms with Gasteiger partial charge in [0, 0.05) is 45.3 Å². The maximum atomic E-state index is 13.0. The van der Waals surface area contributed by atoms with Crippen LogP contribution in [0.15, 0.2) is 44.7 Å². The van der Waals surface area contributed by atoms with E-state index in [0.717, 1.165) is 48.1 Å². The van der Waals surface area contributed by atoms with Gasteiger partial charge < -0.3 is 5.32 Å². The minimum Gasteiger partial charge on any atom is -0.352 e. The number of aryl methyl sites for hydroxylation is 2. The van der Waals surface area contributed by atoms with E-state index in [0.29, 0.717) is 12.5 Å². The molecule has 1 N–H and O–H groups in total. The molecule has 34 heavy (non-hydrogen) atoms. The van der Waals surface area contributed by atoms with Crippen LogP contribution in [0.2, 0.25) is 5.02 Å². The Bertz CT molecular complexity index is 1430. The largest absolute Gasteiger partial charge is 0.352 e. The lowest BCUT2D eigenvalue weighted by Gasteiger charge is -2.32.